The number of sulfonamides is 1. The van der Waals surface area contributed by atoms with Gasteiger partial charge < -0.3 is 10.1 Å². The third-order valence-corrected chi connectivity index (χ3v) is 4.90. The Hall–Kier alpha value is -3.06. The number of nitrogens with one attached hydrogen (secondary N) is 2. The van der Waals surface area contributed by atoms with Crippen LogP contribution < -0.4 is 14.8 Å². The van der Waals surface area contributed by atoms with E-state index >= 15 is 0 Å². The molecule has 0 radical (unpaired) electrons. The summed E-state index contributed by atoms with van der Waals surface area (Å²) in [5.74, 6) is 0.498. The average Bonchev–Trinajstić information content (AvgIpc) is 2.67. The number of pyridine rings is 1. The number of hydrogen-bond acceptors (Lipinski definition) is 5. The van der Waals surface area contributed by atoms with Crippen molar-refractivity contribution in [1.29, 1.82) is 0 Å². The molecule has 1 heterocycles. The van der Waals surface area contributed by atoms with E-state index in [1.165, 1.54) is 12.1 Å². The van der Waals surface area contributed by atoms with Crippen molar-refractivity contribution >= 4 is 21.4 Å². The number of anilines is 2. The Morgan fingerprint density at radius 3 is 2.42 bits per heavy atom. The van der Waals surface area contributed by atoms with Crippen LogP contribution in [-0.4, -0.2) is 26.6 Å². The van der Waals surface area contributed by atoms with Crippen LogP contribution in [0.25, 0.3) is 0 Å². The maximum absolute atomic E-state index is 12.5. The zero-order valence-corrected chi connectivity index (χ0v) is 14.8. The van der Waals surface area contributed by atoms with E-state index in [0.717, 1.165) is 5.69 Å². The first-order valence-electron chi connectivity index (χ1n) is 8.08. The Bertz CT molecular complexity index is 933. The number of aromatic nitrogens is 1. The van der Waals surface area contributed by atoms with E-state index in [0.29, 0.717) is 24.6 Å². The fourth-order valence-electron chi connectivity index (χ4n) is 2.29. The van der Waals surface area contributed by atoms with Gasteiger partial charge in [0.2, 0.25) is 0 Å². The van der Waals surface area contributed by atoms with Crippen LogP contribution in [0, 0.1) is 0 Å². The number of benzene rings is 2. The Morgan fingerprint density at radius 2 is 1.65 bits per heavy atom. The summed E-state index contributed by atoms with van der Waals surface area (Å²) < 4.78 is 33.2. The lowest BCUT2D eigenvalue weighted by Gasteiger charge is -2.11. The van der Waals surface area contributed by atoms with Gasteiger partial charge in [-0.1, -0.05) is 24.3 Å². The van der Waals surface area contributed by atoms with Crippen molar-refractivity contribution in [2.75, 3.05) is 23.2 Å². The Labute approximate surface area is 152 Å². The molecule has 1 aromatic heterocycles. The Kier molecular flexibility index (Phi) is 5.70. The molecule has 0 saturated carbocycles. The lowest BCUT2D eigenvalue weighted by atomic mass is 10.3. The highest BCUT2D eigenvalue weighted by atomic mass is 32.2. The third-order valence-electron chi connectivity index (χ3n) is 3.52. The summed E-state index contributed by atoms with van der Waals surface area (Å²) in [6, 6.07) is 18.9. The summed E-state index contributed by atoms with van der Waals surface area (Å²) in [7, 11) is -3.66. The van der Waals surface area contributed by atoms with Crippen molar-refractivity contribution in [2.24, 2.45) is 0 Å². The predicted octanol–water partition coefficient (Wildman–Crippen LogP) is 3.37. The third kappa shape index (κ3) is 4.97. The average molecular weight is 369 g/mol. The quantitative estimate of drug-likeness (QED) is 0.595. The molecule has 2 aromatic carbocycles. The number of hydrogen-bond donors (Lipinski definition) is 2. The highest BCUT2D eigenvalue weighted by molar-refractivity contribution is 7.92. The molecule has 7 heteroatoms. The van der Waals surface area contributed by atoms with E-state index in [-0.39, 0.29) is 4.90 Å². The molecular formula is C19H19N3O3S. The van der Waals surface area contributed by atoms with Crippen LogP contribution in [0.2, 0.25) is 0 Å². The van der Waals surface area contributed by atoms with Crippen LogP contribution in [0.5, 0.6) is 5.75 Å². The normalized spacial score (nSPS) is 10.9. The summed E-state index contributed by atoms with van der Waals surface area (Å²) in [5, 5.41) is 3.20. The van der Waals surface area contributed by atoms with Gasteiger partial charge in [0, 0.05) is 36.4 Å². The van der Waals surface area contributed by atoms with E-state index in [4.69, 9.17) is 4.74 Å². The number of para-hydroxylation sites is 1. The minimum atomic E-state index is -3.66. The second kappa shape index (κ2) is 8.35. The van der Waals surface area contributed by atoms with Crippen LogP contribution in [0.3, 0.4) is 0 Å². The van der Waals surface area contributed by atoms with E-state index in [1.807, 2.05) is 18.2 Å². The van der Waals surface area contributed by atoms with Crippen molar-refractivity contribution in [3.63, 3.8) is 0 Å². The lowest BCUT2D eigenvalue weighted by Crippen LogP contribution is -2.14. The SMILES string of the molecule is O=S(=O)(Nc1ccccc1)c1cccc(OCCNc2ccncc2)c1. The van der Waals surface area contributed by atoms with Crippen LogP contribution in [-0.2, 0) is 10.0 Å². The molecule has 0 aliphatic rings. The van der Waals surface area contributed by atoms with E-state index in [1.54, 1.807) is 48.8 Å². The van der Waals surface area contributed by atoms with Gasteiger partial charge in [-0.25, -0.2) is 8.42 Å². The smallest absolute Gasteiger partial charge is 0.262 e. The van der Waals surface area contributed by atoms with Gasteiger partial charge in [0.05, 0.1) is 4.90 Å². The molecular weight excluding hydrogens is 350 g/mol. The lowest BCUT2D eigenvalue weighted by molar-refractivity contribution is 0.332. The van der Waals surface area contributed by atoms with Gasteiger partial charge in [0.25, 0.3) is 10.0 Å². The molecule has 3 rings (SSSR count). The zero-order valence-electron chi connectivity index (χ0n) is 14.0. The Balaban J connectivity index is 1.59. The van der Waals surface area contributed by atoms with E-state index < -0.39 is 10.0 Å². The number of rotatable bonds is 8. The molecule has 134 valence electrons. The van der Waals surface area contributed by atoms with Crippen LogP contribution in [0.4, 0.5) is 11.4 Å². The van der Waals surface area contributed by atoms with Gasteiger partial charge in [0.15, 0.2) is 0 Å². The predicted molar refractivity (Wildman–Crippen MR) is 102 cm³/mol. The van der Waals surface area contributed by atoms with Gasteiger partial charge in [-0.15, -0.1) is 0 Å². The molecule has 0 amide bonds. The first-order valence-corrected chi connectivity index (χ1v) is 9.56. The van der Waals surface area contributed by atoms with Gasteiger partial charge in [-0.2, -0.15) is 0 Å². The molecule has 26 heavy (non-hydrogen) atoms. The fraction of sp³-hybridized carbons (Fsp3) is 0.105. The molecule has 0 fully saturated rings. The molecule has 0 aliphatic carbocycles. The first-order chi connectivity index (χ1) is 12.6. The summed E-state index contributed by atoms with van der Waals surface area (Å²) in [4.78, 5) is 4.10. The van der Waals surface area contributed by atoms with E-state index in [9.17, 15) is 8.42 Å². The highest BCUT2D eigenvalue weighted by Gasteiger charge is 2.14. The van der Waals surface area contributed by atoms with E-state index in [2.05, 4.69) is 15.0 Å². The van der Waals surface area contributed by atoms with Crippen molar-refractivity contribution < 1.29 is 13.2 Å². The standard InChI is InChI=1S/C19H19N3O3S/c23-26(24,22-17-5-2-1-3-6-17)19-8-4-7-18(15-19)25-14-13-21-16-9-11-20-12-10-16/h1-12,15,22H,13-14H2,(H,20,21). The first kappa shape index (κ1) is 17.8. The van der Waals surface area contributed by atoms with Crippen molar-refractivity contribution in [1.82, 2.24) is 4.98 Å². The summed E-state index contributed by atoms with van der Waals surface area (Å²) in [5.41, 5.74) is 1.47. The van der Waals surface area contributed by atoms with Crippen LogP contribution in [0.15, 0.2) is 84.0 Å². The van der Waals surface area contributed by atoms with Crippen LogP contribution >= 0.6 is 0 Å². The fourth-order valence-corrected chi connectivity index (χ4v) is 3.38. The zero-order chi connectivity index (χ0) is 18.2. The molecule has 0 spiro atoms. The summed E-state index contributed by atoms with van der Waals surface area (Å²) in [6.07, 6.45) is 3.41. The second-order valence-corrected chi connectivity index (χ2v) is 7.14. The minimum Gasteiger partial charge on any atom is -0.492 e. The van der Waals surface area contributed by atoms with Gasteiger partial charge in [0.1, 0.15) is 12.4 Å². The van der Waals surface area contributed by atoms with Crippen molar-refractivity contribution in [3.8, 4) is 5.75 Å². The molecule has 0 atom stereocenters. The molecule has 0 bridgehead atoms. The van der Waals surface area contributed by atoms with Crippen LogP contribution in [0.1, 0.15) is 0 Å². The molecule has 3 aromatic rings. The number of nitrogens with zero attached hydrogens (tertiary/aromatic N) is 1. The molecule has 0 unspecified atom stereocenters. The van der Waals surface area contributed by atoms with Gasteiger partial charge in [-0.05, 0) is 36.4 Å². The maximum Gasteiger partial charge on any atom is 0.262 e. The Morgan fingerprint density at radius 1 is 0.885 bits per heavy atom. The second-order valence-electron chi connectivity index (χ2n) is 5.46. The number of ether oxygens (including phenoxy) is 1. The molecule has 6 nitrogen and oxygen atoms in total. The molecule has 2 N–H and O–H groups in total. The topological polar surface area (TPSA) is 80.3 Å². The summed E-state index contributed by atoms with van der Waals surface area (Å²) in [6.45, 7) is 0.987. The summed E-state index contributed by atoms with van der Waals surface area (Å²) >= 11 is 0. The highest BCUT2D eigenvalue weighted by Crippen LogP contribution is 2.20. The van der Waals surface area contributed by atoms with Crippen molar-refractivity contribution in [3.05, 3.63) is 79.1 Å². The largest absolute Gasteiger partial charge is 0.492 e. The molecule has 0 aliphatic heterocycles. The minimum absolute atomic E-state index is 0.154. The van der Waals surface area contributed by atoms with Gasteiger partial charge in [-0.3, -0.25) is 9.71 Å². The maximum atomic E-state index is 12.5. The molecule has 0 saturated heterocycles. The van der Waals surface area contributed by atoms with Crippen molar-refractivity contribution in [2.45, 2.75) is 4.90 Å². The monoisotopic (exact) mass is 369 g/mol. The van der Waals surface area contributed by atoms with Gasteiger partial charge >= 0.3 is 0 Å².